The summed E-state index contributed by atoms with van der Waals surface area (Å²) in [5.74, 6) is -3.52. The van der Waals surface area contributed by atoms with E-state index in [2.05, 4.69) is 20.6 Å². The third-order valence-corrected chi connectivity index (χ3v) is 6.97. The van der Waals surface area contributed by atoms with Crippen LogP contribution in [0.3, 0.4) is 0 Å². The van der Waals surface area contributed by atoms with Gasteiger partial charge in [0.25, 0.3) is 11.8 Å². The van der Waals surface area contributed by atoms with Crippen molar-refractivity contribution in [3.8, 4) is 0 Å². The zero-order valence-corrected chi connectivity index (χ0v) is 20.9. The van der Waals surface area contributed by atoms with E-state index in [1.807, 2.05) is 6.92 Å². The average molecular weight is 543 g/mol. The van der Waals surface area contributed by atoms with E-state index >= 15 is 0 Å². The van der Waals surface area contributed by atoms with Crippen molar-refractivity contribution in [2.45, 2.75) is 76.1 Å². The predicted molar refractivity (Wildman–Crippen MR) is 133 cm³/mol. The number of hydrogen-bond donors (Lipinski definition) is 4. The van der Waals surface area contributed by atoms with Crippen molar-refractivity contribution in [3.63, 3.8) is 0 Å². The number of primary amides is 1. The number of nitrogens with one attached hydrogen (secondary N) is 2. The maximum Gasteiger partial charge on any atom is 0.418 e. The Bertz CT molecular complexity index is 1160. The highest BCUT2D eigenvalue weighted by Gasteiger charge is 2.39. The zero-order valence-electron chi connectivity index (χ0n) is 20.9. The van der Waals surface area contributed by atoms with Gasteiger partial charge in [0.15, 0.2) is 11.5 Å². The molecule has 2 fully saturated rings. The van der Waals surface area contributed by atoms with Crippen LogP contribution in [-0.2, 0) is 12.6 Å². The van der Waals surface area contributed by atoms with Gasteiger partial charge in [-0.1, -0.05) is 6.92 Å². The summed E-state index contributed by atoms with van der Waals surface area (Å²) < 4.78 is 69.1. The molecule has 1 aromatic carbocycles. The minimum Gasteiger partial charge on any atom is -0.393 e. The number of piperidine rings is 1. The molecule has 1 saturated carbocycles. The van der Waals surface area contributed by atoms with Crippen molar-refractivity contribution in [2.75, 3.05) is 28.6 Å². The highest BCUT2D eigenvalue weighted by molar-refractivity contribution is 5.96. The molecule has 0 spiro atoms. The molecule has 2 aliphatic rings. The molecule has 1 aliphatic heterocycles. The lowest BCUT2D eigenvalue weighted by atomic mass is 9.93. The number of carbonyl (C=O) groups is 1. The molecule has 208 valence electrons. The molecule has 1 amide bonds. The largest absolute Gasteiger partial charge is 0.418 e. The van der Waals surface area contributed by atoms with Gasteiger partial charge in [0, 0.05) is 43.3 Å². The fourth-order valence-electron chi connectivity index (χ4n) is 4.83. The first-order valence-corrected chi connectivity index (χ1v) is 12.6. The number of aromatic nitrogens is 2. The Balaban J connectivity index is 1.65. The summed E-state index contributed by atoms with van der Waals surface area (Å²) >= 11 is 0. The van der Waals surface area contributed by atoms with E-state index in [4.69, 9.17) is 5.73 Å². The highest BCUT2D eigenvalue weighted by Crippen LogP contribution is 2.41. The Morgan fingerprint density at radius 1 is 1.13 bits per heavy atom. The van der Waals surface area contributed by atoms with E-state index in [9.17, 15) is 31.9 Å². The zero-order chi connectivity index (χ0) is 27.7. The number of alkyl halides is 5. The van der Waals surface area contributed by atoms with Crippen LogP contribution >= 0.6 is 0 Å². The Hall–Kier alpha value is -3.22. The van der Waals surface area contributed by atoms with E-state index in [0.717, 1.165) is 6.07 Å². The van der Waals surface area contributed by atoms with Crippen LogP contribution in [0.25, 0.3) is 0 Å². The van der Waals surface area contributed by atoms with Crippen molar-refractivity contribution in [3.05, 3.63) is 35.2 Å². The van der Waals surface area contributed by atoms with Gasteiger partial charge in [0.1, 0.15) is 5.82 Å². The fourth-order valence-corrected chi connectivity index (χ4v) is 4.83. The first-order valence-electron chi connectivity index (χ1n) is 12.6. The molecule has 2 aromatic rings. The van der Waals surface area contributed by atoms with Crippen LogP contribution in [0, 0.1) is 0 Å². The number of nitrogens with two attached hydrogens (primary N) is 1. The van der Waals surface area contributed by atoms with Gasteiger partial charge in [-0.25, -0.2) is 18.7 Å². The molecular formula is C25H31F5N6O2. The molecule has 0 unspecified atom stereocenters. The Labute approximate surface area is 216 Å². The van der Waals surface area contributed by atoms with E-state index in [-0.39, 0.29) is 48.1 Å². The molecule has 2 heterocycles. The normalized spacial score (nSPS) is 21.7. The second kappa shape index (κ2) is 10.9. The minimum atomic E-state index is -4.75. The lowest BCUT2D eigenvalue weighted by Crippen LogP contribution is -2.40. The number of aliphatic hydroxyl groups excluding tert-OH is 1. The van der Waals surface area contributed by atoms with Gasteiger partial charge in [-0.05, 0) is 50.3 Å². The van der Waals surface area contributed by atoms with Crippen LogP contribution in [0.4, 0.5) is 45.0 Å². The summed E-state index contributed by atoms with van der Waals surface area (Å²) in [6, 6.07) is 3.46. The Morgan fingerprint density at radius 3 is 2.37 bits per heavy atom. The number of hydrogen-bond acceptors (Lipinski definition) is 7. The summed E-state index contributed by atoms with van der Waals surface area (Å²) in [5.41, 5.74) is 4.56. The monoisotopic (exact) mass is 542 g/mol. The molecule has 0 atom stereocenters. The summed E-state index contributed by atoms with van der Waals surface area (Å²) in [5, 5.41) is 15.8. The average Bonchev–Trinajstić information content (AvgIpc) is 2.85. The van der Waals surface area contributed by atoms with Crippen molar-refractivity contribution >= 4 is 28.9 Å². The minimum absolute atomic E-state index is 0.0123. The molecule has 8 nitrogen and oxygen atoms in total. The highest BCUT2D eigenvalue weighted by atomic mass is 19.4. The van der Waals surface area contributed by atoms with Gasteiger partial charge < -0.3 is 26.4 Å². The number of anilines is 4. The van der Waals surface area contributed by atoms with Gasteiger partial charge >= 0.3 is 6.18 Å². The molecule has 1 saturated heterocycles. The molecule has 5 N–H and O–H groups in total. The standard InChI is InChI=1S/C25H31F5N6O2/c1-2-18-22(32-14-3-6-16(37)7-4-14)35-23(20(34-18)21(31)38)33-15-5-8-19(17(13-15)25(28,29)30)36-11-9-24(26,27)10-12-36/h5,8,13-14,16,37H,2-4,6-7,9-12H2,1H3,(H2,31,38)(H2,32,33,35)/t14-,16-. The van der Waals surface area contributed by atoms with Gasteiger partial charge in [-0.15, -0.1) is 0 Å². The molecule has 1 aromatic heterocycles. The maximum absolute atomic E-state index is 14.0. The number of aliphatic hydroxyl groups is 1. The number of amides is 1. The van der Waals surface area contributed by atoms with Crippen LogP contribution < -0.4 is 21.3 Å². The second-order valence-corrected chi connectivity index (χ2v) is 9.78. The molecule has 13 heteroatoms. The molecule has 0 bridgehead atoms. The number of nitrogens with zero attached hydrogens (tertiary/aromatic N) is 3. The molecule has 0 radical (unpaired) electrons. The van der Waals surface area contributed by atoms with Crippen molar-refractivity contribution < 1.29 is 31.9 Å². The number of carbonyl (C=O) groups excluding carboxylic acids is 1. The molecule has 1 aliphatic carbocycles. The molecule has 38 heavy (non-hydrogen) atoms. The number of halogens is 5. The first kappa shape index (κ1) is 27.8. The van der Waals surface area contributed by atoms with Crippen molar-refractivity contribution in [1.29, 1.82) is 0 Å². The Kier molecular flexibility index (Phi) is 7.96. The van der Waals surface area contributed by atoms with E-state index < -0.39 is 36.4 Å². The molecule has 4 rings (SSSR count). The summed E-state index contributed by atoms with van der Waals surface area (Å²) in [6.45, 7) is 1.42. The SMILES string of the molecule is CCc1nc(C(N)=O)c(Nc2ccc(N3CCC(F)(F)CC3)c(C(F)(F)F)c2)nc1N[C@H]1CC[C@H](O)CC1. The summed E-state index contributed by atoms with van der Waals surface area (Å²) in [7, 11) is 0. The van der Waals surface area contributed by atoms with Gasteiger partial charge in [0.2, 0.25) is 0 Å². The van der Waals surface area contributed by atoms with E-state index in [1.165, 1.54) is 17.0 Å². The number of rotatable bonds is 7. The third kappa shape index (κ3) is 6.43. The van der Waals surface area contributed by atoms with Crippen LogP contribution in [-0.4, -0.2) is 52.1 Å². The van der Waals surface area contributed by atoms with Gasteiger partial charge in [-0.2, -0.15) is 13.2 Å². The lowest BCUT2D eigenvalue weighted by Gasteiger charge is -2.35. The second-order valence-electron chi connectivity index (χ2n) is 9.78. The maximum atomic E-state index is 14.0. The lowest BCUT2D eigenvalue weighted by molar-refractivity contribution is -0.137. The van der Waals surface area contributed by atoms with Crippen LogP contribution in [0.1, 0.15) is 67.2 Å². The Morgan fingerprint density at radius 2 is 1.79 bits per heavy atom. The first-order chi connectivity index (χ1) is 17.9. The van der Waals surface area contributed by atoms with Crippen LogP contribution in [0.2, 0.25) is 0 Å². The van der Waals surface area contributed by atoms with E-state index in [0.29, 0.717) is 43.6 Å². The number of benzene rings is 1. The van der Waals surface area contributed by atoms with Crippen LogP contribution in [0.5, 0.6) is 0 Å². The predicted octanol–water partition coefficient (Wildman–Crippen LogP) is 4.85. The number of aryl methyl sites for hydroxylation is 1. The van der Waals surface area contributed by atoms with Crippen LogP contribution in [0.15, 0.2) is 18.2 Å². The van der Waals surface area contributed by atoms with Crippen molar-refractivity contribution in [2.24, 2.45) is 5.73 Å². The summed E-state index contributed by atoms with van der Waals surface area (Å²) in [6.07, 6.45) is -3.09. The topological polar surface area (TPSA) is 116 Å². The third-order valence-electron chi connectivity index (χ3n) is 6.97. The summed E-state index contributed by atoms with van der Waals surface area (Å²) in [4.78, 5) is 22.2. The van der Waals surface area contributed by atoms with E-state index in [1.54, 1.807) is 0 Å². The van der Waals surface area contributed by atoms with Gasteiger partial charge in [0.05, 0.1) is 17.4 Å². The quantitative estimate of drug-likeness (QED) is 0.370. The fraction of sp³-hybridized carbons (Fsp3) is 0.560. The molecular weight excluding hydrogens is 511 g/mol. The smallest absolute Gasteiger partial charge is 0.393 e. The van der Waals surface area contributed by atoms with Gasteiger partial charge in [-0.3, -0.25) is 4.79 Å². The van der Waals surface area contributed by atoms with Crippen molar-refractivity contribution in [1.82, 2.24) is 9.97 Å².